The van der Waals surface area contributed by atoms with E-state index in [4.69, 9.17) is 35.7 Å². The second-order valence-electron chi connectivity index (χ2n) is 10.4. The van der Waals surface area contributed by atoms with Gasteiger partial charge in [-0.15, -0.1) is 10.2 Å². The lowest BCUT2D eigenvalue weighted by Crippen LogP contribution is -2.45. The molecule has 1 saturated carbocycles. The largest absolute Gasteiger partial charge is 0.490 e. The van der Waals surface area contributed by atoms with Crippen LogP contribution >= 0.6 is 19.2 Å². The highest BCUT2D eigenvalue weighted by Gasteiger charge is 2.51. The van der Waals surface area contributed by atoms with Gasteiger partial charge in [-0.3, -0.25) is 4.57 Å². The summed E-state index contributed by atoms with van der Waals surface area (Å²) in [5, 5.41) is 57.0. The van der Waals surface area contributed by atoms with Crippen LogP contribution in [0.2, 0.25) is 5.28 Å². The first-order valence-corrected chi connectivity index (χ1v) is 15.6. The van der Waals surface area contributed by atoms with Gasteiger partial charge in [0.1, 0.15) is 30.7 Å². The summed E-state index contributed by atoms with van der Waals surface area (Å²) in [5.74, 6) is -2.17. The van der Waals surface area contributed by atoms with Crippen molar-refractivity contribution in [3.63, 3.8) is 0 Å². The van der Waals surface area contributed by atoms with E-state index >= 15 is 0 Å². The second kappa shape index (κ2) is 15.0. The molecule has 5 rings (SSSR count). The summed E-state index contributed by atoms with van der Waals surface area (Å²) in [6.07, 6.45) is -5.01. The van der Waals surface area contributed by atoms with E-state index in [9.17, 15) is 42.8 Å². The number of ether oxygens (including phenoxy) is 3. The molecular formula is C22H30ClF3N9O11P. The zero-order valence-corrected chi connectivity index (χ0v) is 25.6. The van der Waals surface area contributed by atoms with Crippen molar-refractivity contribution in [3.05, 3.63) is 17.3 Å². The van der Waals surface area contributed by atoms with Crippen molar-refractivity contribution < 1.29 is 67.0 Å². The Bertz CT molecular complexity index is 1540. The van der Waals surface area contributed by atoms with E-state index in [1.165, 1.54) is 10.9 Å². The molecule has 47 heavy (non-hydrogen) atoms. The van der Waals surface area contributed by atoms with E-state index in [0.717, 1.165) is 25.7 Å². The monoisotopic (exact) mass is 719 g/mol. The third kappa shape index (κ3) is 8.68. The Morgan fingerprint density at radius 1 is 1.21 bits per heavy atom. The third-order valence-corrected chi connectivity index (χ3v) is 8.82. The third-order valence-electron chi connectivity index (χ3n) is 7.19. The van der Waals surface area contributed by atoms with Crippen LogP contribution < -0.4 is 5.32 Å². The Kier molecular flexibility index (Phi) is 11.7. The summed E-state index contributed by atoms with van der Waals surface area (Å²) in [6.45, 7) is -2.80. The fraction of sp³-hybridized carbons (Fsp3) is 0.682. The van der Waals surface area contributed by atoms with E-state index in [0.29, 0.717) is 11.2 Å². The lowest BCUT2D eigenvalue weighted by molar-refractivity contribution is -0.192. The number of halogens is 4. The molecule has 8 N–H and O–H groups in total. The number of hydrogen-bond acceptors (Lipinski definition) is 15. The molecular weight excluding hydrogens is 690 g/mol. The summed E-state index contributed by atoms with van der Waals surface area (Å²) in [5.41, 5.74) is 0.244. The molecule has 2 fully saturated rings. The average molecular weight is 720 g/mol. The number of alkyl halides is 3. The number of aliphatic carboxylic acids is 1. The van der Waals surface area contributed by atoms with Crippen molar-refractivity contribution in [1.82, 2.24) is 40.4 Å². The zero-order valence-electron chi connectivity index (χ0n) is 23.9. The Morgan fingerprint density at radius 3 is 2.47 bits per heavy atom. The van der Waals surface area contributed by atoms with Crippen LogP contribution in [-0.2, 0) is 30.2 Å². The Morgan fingerprint density at radius 2 is 1.89 bits per heavy atom. The predicted octanol–water partition coefficient (Wildman–Crippen LogP) is -0.301. The molecule has 20 nitrogen and oxygen atoms in total. The topological polar surface area (TPSA) is 293 Å². The normalized spacial score (nSPS) is 23.4. The Hall–Kier alpha value is -3.12. The van der Waals surface area contributed by atoms with Gasteiger partial charge in [-0.25, -0.2) is 9.48 Å². The van der Waals surface area contributed by atoms with Gasteiger partial charge >= 0.3 is 19.7 Å². The van der Waals surface area contributed by atoms with Crippen molar-refractivity contribution in [2.75, 3.05) is 25.1 Å². The molecule has 4 heterocycles. The standard InChI is InChI=1S/C20H29ClN9O9P.C2HF3O2/c21-19-24-16(23-10-3-1-2-4-10)11-5-22-30(17(11)25-19)18-15(33)14(32)12(39-18)6-38-20(8-31,40(34,35)36)9-37-7-13-26-28-29-27-13;3-2(4,5)1(6)7/h5,10,12,14-15,18,31-33H,1-4,6-9H2,(H,23,24,25)(H2,34,35,36)(H,26,27,28,29);(H,6,7)/t12-,14-,15-,18-,20+;/m1./s1. The number of nitrogens with zero attached hydrogens (tertiary/aromatic N) is 7. The van der Waals surface area contributed by atoms with E-state index in [1.54, 1.807) is 0 Å². The highest BCUT2D eigenvalue weighted by molar-refractivity contribution is 7.53. The summed E-state index contributed by atoms with van der Waals surface area (Å²) >= 11 is 6.17. The second-order valence-corrected chi connectivity index (χ2v) is 12.7. The van der Waals surface area contributed by atoms with Gasteiger partial charge in [0, 0.05) is 6.04 Å². The van der Waals surface area contributed by atoms with Crippen LogP contribution in [0.15, 0.2) is 6.20 Å². The van der Waals surface area contributed by atoms with Crippen LogP contribution in [0.3, 0.4) is 0 Å². The number of aliphatic hydroxyl groups is 3. The van der Waals surface area contributed by atoms with Gasteiger partial charge in [0.2, 0.25) is 10.6 Å². The number of tetrazole rings is 1. The first-order chi connectivity index (χ1) is 22.1. The number of carbonyl (C=O) groups is 1. The van der Waals surface area contributed by atoms with Crippen LogP contribution in [0.4, 0.5) is 19.0 Å². The number of carboxylic acid groups (broad SMARTS) is 1. The van der Waals surface area contributed by atoms with E-state index in [-0.39, 0.29) is 29.4 Å². The molecule has 0 spiro atoms. The highest BCUT2D eigenvalue weighted by Crippen LogP contribution is 2.51. The fourth-order valence-electron chi connectivity index (χ4n) is 4.70. The van der Waals surface area contributed by atoms with Gasteiger partial charge in [-0.2, -0.15) is 33.5 Å². The van der Waals surface area contributed by atoms with Crippen molar-refractivity contribution in [1.29, 1.82) is 0 Å². The van der Waals surface area contributed by atoms with E-state index < -0.39 is 69.4 Å². The van der Waals surface area contributed by atoms with Crippen molar-refractivity contribution >= 4 is 42.0 Å². The van der Waals surface area contributed by atoms with E-state index in [1.807, 2.05) is 0 Å². The quantitative estimate of drug-likeness (QED) is 0.0880. The van der Waals surface area contributed by atoms with Gasteiger partial charge in [0.15, 0.2) is 17.7 Å². The van der Waals surface area contributed by atoms with Crippen LogP contribution in [0, 0.1) is 0 Å². The SMILES string of the molecule is O=C(O)C(F)(F)F.O=P(O)(O)[C@@](CO)(COCc1nn[nH]n1)OC[C@H]1O[C@@H](n2ncc3c(NC4CCCC4)nc(Cl)nc32)[C@H](O)[C@@H]1O. The highest BCUT2D eigenvalue weighted by atomic mass is 35.5. The smallest absolute Gasteiger partial charge is 0.475 e. The average Bonchev–Trinajstić information content (AvgIpc) is 3.80. The predicted molar refractivity (Wildman–Crippen MR) is 147 cm³/mol. The van der Waals surface area contributed by atoms with Crippen LogP contribution in [0.25, 0.3) is 11.0 Å². The number of rotatable bonds is 12. The molecule has 5 atom stereocenters. The molecule has 262 valence electrons. The molecule has 2 aliphatic rings. The summed E-state index contributed by atoms with van der Waals surface area (Å²) in [4.78, 5) is 37.3. The first-order valence-electron chi connectivity index (χ1n) is 13.7. The number of anilines is 1. The number of carboxylic acids is 1. The van der Waals surface area contributed by atoms with Gasteiger partial charge in [0.25, 0.3) is 0 Å². The molecule has 3 aromatic heterocycles. The number of hydrogen-bond donors (Lipinski definition) is 8. The summed E-state index contributed by atoms with van der Waals surface area (Å²) in [7, 11) is -5.14. The lowest BCUT2D eigenvalue weighted by Gasteiger charge is -2.33. The maximum Gasteiger partial charge on any atom is 0.490 e. The fourth-order valence-corrected chi connectivity index (χ4v) is 5.55. The van der Waals surface area contributed by atoms with Crippen molar-refractivity contribution in [3.8, 4) is 0 Å². The number of aromatic amines is 1. The maximum atomic E-state index is 12.3. The molecule has 0 aromatic carbocycles. The van der Waals surface area contributed by atoms with Crippen molar-refractivity contribution in [2.24, 2.45) is 0 Å². The Balaban J connectivity index is 0.000000644. The van der Waals surface area contributed by atoms with Gasteiger partial charge < -0.3 is 49.7 Å². The molecule has 25 heteroatoms. The number of aliphatic hydroxyl groups excluding tert-OH is 3. The molecule has 1 aliphatic carbocycles. The molecule has 1 aliphatic heterocycles. The van der Waals surface area contributed by atoms with Gasteiger partial charge in [-0.1, -0.05) is 18.1 Å². The zero-order chi connectivity index (χ0) is 34.6. The number of nitrogens with one attached hydrogen (secondary N) is 2. The lowest BCUT2D eigenvalue weighted by atomic mass is 10.1. The first kappa shape index (κ1) is 36.7. The molecule has 1 saturated heterocycles. The van der Waals surface area contributed by atoms with Crippen LogP contribution in [0.1, 0.15) is 37.7 Å². The molecule has 0 radical (unpaired) electrons. The minimum atomic E-state index is -5.14. The van der Waals surface area contributed by atoms with Gasteiger partial charge in [-0.05, 0) is 24.4 Å². The summed E-state index contributed by atoms with van der Waals surface area (Å²) < 4.78 is 61.8. The number of H-pyrrole nitrogens is 1. The number of fused-ring (bicyclic) bond motifs is 1. The van der Waals surface area contributed by atoms with Gasteiger partial charge in [0.05, 0.1) is 31.4 Å². The molecule has 3 aromatic rings. The minimum Gasteiger partial charge on any atom is -0.475 e. The molecule has 0 amide bonds. The maximum absolute atomic E-state index is 12.3. The van der Waals surface area contributed by atoms with Crippen LogP contribution in [-0.4, -0.2) is 132 Å². The Labute approximate surface area is 266 Å². The van der Waals surface area contributed by atoms with Crippen LogP contribution in [0.5, 0.6) is 0 Å². The summed E-state index contributed by atoms with van der Waals surface area (Å²) in [6, 6.07) is 0.228. The van der Waals surface area contributed by atoms with E-state index in [2.05, 4.69) is 41.0 Å². The minimum absolute atomic E-state index is 0.0575. The number of aromatic nitrogens is 8. The van der Waals surface area contributed by atoms with Crippen molar-refractivity contribution in [2.45, 2.75) is 74.4 Å². The molecule has 0 unspecified atom stereocenters. The molecule has 0 bridgehead atoms.